The maximum Gasteiger partial charge on any atom is 0.367 e. The Labute approximate surface area is 279 Å². The first-order chi connectivity index (χ1) is 22.6. The van der Waals surface area contributed by atoms with Gasteiger partial charge in [0.25, 0.3) is 0 Å². The summed E-state index contributed by atoms with van der Waals surface area (Å²) in [7, 11) is 0. The first-order valence-corrected chi connectivity index (χ1v) is 16.7. The molecule has 0 radical (unpaired) electrons. The van der Waals surface area contributed by atoms with Crippen LogP contribution in [0.5, 0.6) is 0 Å². The molecule has 12 nitrogen and oxygen atoms in total. The second kappa shape index (κ2) is 22.3. The van der Waals surface area contributed by atoms with Crippen LogP contribution >= 0.6 is 0 Å². The van der Waals surface area contributed by atoms with Gasteiger partial charge in [-0.25, -0.2) is 4.79 Å². The average molecular weight is 663 g/mol. The molecule has 1 aliphatic rings. The largest absolute Gasteiger partial charge is 0.459 e. The summed E-state index contributed by atoms with van der Waals surface area (Å²) in [5.74, 6) is -1.55. The molecule has 0 bridgehead atoms. The summed E-state index contributed by atoms with van der Waals surface area (Å²) >= 11 is 0. The number of rotatable bonds is 24. The maximum atomic E-state index is 13.0. The Hall–Kier alpha value is -3.32. The zero-order valence-corrected chi connectivity index (χ0v) is 29.2. The van der Waals surface area contributed by atoms with Crippen LogP contribution in [0.2, 0.25) is 0 Å². The molecular weight excluding hydrogens is 608 g/mol. The molecule has 12 heteroatoms. The normalized spacial score (nSPS) is 16.3. The van der Waals surface area contributed by atoms with E-state index in [1.54, 1.807) is 49.1 Å². The number of hydrogen-bond acceptors (Lipinski definition) is 12. The third kappa shape index (κ3) is 15.9. The Morgan fingerprint density at radius 3 is 1.74 bits per heavy atom. The topological polar surface area (TPSA) is 131 Å². The number of anilines is 1. The lowest BCUT2D eigenvalue weighted by atomic mass is 10.0. The van der Waals surface area contributed by atoms with Crippen LogP contribution in [0.25, 0.3) is 6.08 Å². The van der Waals surface area contributed by atoms with Crippen molar-refractivity contribution in [3.63, 3.8) is 0 Å². The highest BCUT2D eigenvalue weighted by Crippen LogP contribution is 2.21. The summed E-state index contributed by atoms with van der Waals surface area (Å²) < 4.78 is 33.7. The van der Waals surface area contributed by atoms with Gasteiger partial charge < -0.3 is 38.2 Å². The molecule has 0 amide bonds. The predicted octanol–water partition coefficient (Wildman–Crippen LogP) is 5.12. The second-order valence-electron chi connectivity index (χ2n) is 11.7. The van der Waals surface area contributed by atoms with Crippen molar-refractivity contribution in [3.05, 3.63) is 35.4 Å². The van der Waals surface area contributed by atoms with Crippen LogP contribution in [0.15, 0.2) is 35.0 Å². The van der Waals surface area contributed by atoms with Crippen molar-refractivity contribution in [1.82, 2.24) is 0 Å². The molecule has 4 atom stereocenters. The van der Waals surface area contributed by atoms with E-state index in [1.807, 2.05) is 34.6 Å². The van der Waals surface area contributed by atoms with E-state index in [2.05, 4.69) is 5.16 Å². The zero-order valence-electron chi connectivity index (χ0n) is 29.2. The van der Waals surface area contributed by atoms with Crippen molar-refractivity contribution in [1.29, 1.82) is 0 Å². The third-order valence-electron chi connectivity index (χ3n) is 6.76. The second-order valence-corrected chi connectivity index (χ2v) is 11.7. The van der Waals surface area contributed by atoms with Gasteiger partial charge in [-0.05, 0) is 70.7 Å². The number of esters is 2. The van der Waals surface area contributed by atoms with Gasteiger partial charge in [-0.2, -0.15) is 0 Å². The van der Waals surface area contributed by atoms with Crippen molar-refractivity contribution >= 4 is 35.4 Å². The van der Waals surface area contributed by atoms with Gasteiger partial charge in [0.1, 0.15) is 25.3 Å². The summed E-state index contributed by atoms with van der Waals surface area (Å²) in [6.07, 6.45) is 3.70. The van der Waals surface area contributed by atoms with Crippen LogP contribution in [0, 0.1) is 0 Å². The smallest absolute Gasteiger partial charge is 0.367 e. The molecule has 0 aromatic heterocycles. The van der Waals surface area contributed by atoms with E-state index in [1.165, 1.54) is 0 Å². The molecule has 2 rings (SSSR count). The molecule has 0 saturated carbocycles. The minimum absolute atomic E-state index is 0.143. The SMILES string of the molecule is CCCOCC(C)OCC(C)OC(=O)CN(CC(=O)OC(C)COC(C)COCCC)c1ccc(/C=C2\C(=O)ON=C2CCC)cc1. The van der Waals surface area contributed by atoms with Crippen LogP contribution in [-0.2, 0) is 47.6 Å². The number of carbonyl (C=O) groups is 3. The molecule has 0 saturated heterocycles. The number of ether oxygens (including phenoxy) is 6. The maximum absolute atomic E-state index is 13.0. The lowest BCUT2D eigenvalue weighted by Gasteiger charge is -2.25. The fraction of sp³-hybridized carbons (Fsp3) is 0.657. The van der Waals surface area contributed by atoms with Gasteiger partial charge in [0.05, 0.1) is 49.9 Å². The highest BCUT2D eigenvalue weighted by molar-refractivity contribution is 6.25. The van der Waals surface area contributed by atoms with Gasteiger partial charge in [0.15, 0.2) is 0 Å². The Kier molecular flexibility index (Phi) is 18.9. The molecule has 1 aromatic rings. The van der Waals surface area contributed by atoms with E-state index in [9.17, 15) is 14.4 Å². The Morgan fingerprint density at radius 2 is 1.28 bits per heavy atom. The molecule has 1 heterocycles. The number of hydrogen-bond donors (Lipinski definition) is 0. The molecule has 4 unspecified atom stereocenters. The van der Waals surface area contributed by atoms with Gasteiger partial charge in [-0.15, -0.1) is 0 Å². The number of benzene rings is 1. The highest BCUT2D eigenvalue weighted by Gasteiger charge is 2.25. The molecule has 0 N–H and O–H groups in total. The van der Waals surface area contributed by atoms with E-state index in [4.69, 9.17) is 33.3 Å². The zero-order chi connectivity index (χ0) is 34.6. The lowest BCUT2D eigenvalue weighted by molar-refractivity contribution is -0.152. The molecular formula is C35H54N2O10. The fourth-order valence-electron chi connectivity index (χ4n) is 4.44. The van der Waals surface area contributed by atoms with Crippen molar-refractivity contribution in [2.45, 2.75) is 98.6 Å². The van der Waals surface area contributed by atoms with Gasteiger partial charge in [-0.3, -0.25) is 9.59 Å². The molecule has 0 aliphatic carbocycles. The van der Waals surface area contributed by atoms with Crippen LogP contribution in [0.1, 0.15) is 79.7 Å². The van der Waals surface area contributed by atoms with Crippen molar-refractivity contribution in [2.24, 2.45) is 5.16 Å². The summed E-state index contributed by atoms with van der Waals surface area (Å²) in [5, 5.41) is 3.88. The monoisotopic (exact) mass is 662 g/mol. The third-order valence-corrected chi connectivity index (χ3v) is 6.76. The molecule has 0 spiro atoms. The van der Waals surface area contributed by atoms with E-state index < -0.39 is 30.1 Å². The van der Waals surface area contributed by atoms with Crippen LogP contribution in [0.3, 0.4) is 0 Å². The molecule has 1 aromatic carbocycles. The molecule has 1 aliphatic heterocycles. The molecule has 0 fully saturated rings. The van der Waals surface area contributed by atoms with Gasteiger partial charge in [-0.1, -0.05) is 44.5 Å². The van der Waals surface area contributed by atoms with E-state index >= 15 is 0 Å². The van der Waals surface area contributed by atoms with Crippen molar-refractivity contribution in [3.8, 4) is 0 Å². The number of nitrogens with zero attached hydrogens (tertiary/aromatic N) is 2. The highest BCUT2D eigenvalue weighted by atomic mass is 16.7. The quantitative estimate of drug-likeness (QED) is 0.0633. The first-order valence-electron chi connectivity index (χ1n) is 16.7. The van der Waals surface area contributed by atoms with Gasteiger partial charge >= 0.3 is 17.9 Å². The predicted molar refractivity (Wildman–Crippen MR) is 179 cm³/mol. The summed E-state index contributed by atoms with van der Waals surface area (Å²) in [6, 6.07) is 7.11. The van der Waals surface area contributed by atoms with Gasteiger partial charge in [0.2, 0.25) is 0 Å². The lowest BCUT2D eigenvalue weighted by Crippen LogP contribution is -2.39. The fourth-order valence-corrected chi connectivity index (χ4v) is 4.44. The summed E-state index contributed by atoms with van der Waals surface area (Å²) in [4.78, 5) is 44.7. The Morgan fingerprint density at radius 1 is 0.766 bits per heavy atom. The number of carbonyl (C=O) groups excluding carboxylic acids is 3. The number of oxime groups is 1. The van der Waals surface area contributed by atoms with Crippen LogP contribution in [0.4, 0.5) is 5.69 Å². The van der Waals surface area contributed by atoms with Crippen molar-refractivity contribution in [2.75, 3.05) is 57.6 Å². The Balaban J connectivity index is 2.07. The van der Waals surface area contributed by atoms with E-state index in [0.717, 1.165) is 24.8 Å². The average Bonchev–Trinajstić information content (AvgIpc) is 3.37. The minimum atomic E-state index is -0.526. The van der Waals surface area contributed by atoms with Crippen LogP contribution in [-0.4, -0.2) is 101 Å². The van der Waals surface area contributed by atoms with Crippen molar-refractivity contribution < 1.29 is 47.6 Å². The summed E-state index contributed by atoms with van der Waals surface area (Å²) in [6.45, 7) is 15.6. The van der Waals surface area contributed by atoms with E-state index in [0.29, 0.717) is 49.8 Å². The van der Waals surface area contributed by atoms with E-state index in [-0.39, 0.29) is 38.5 Å². The van der Waals surface area contributed by atoms with Gasteiger partial charge in [0, 0.05) is 18.9 Å². The standard InChI is InChI=1S/C35H54N2O10/c1-8-11-32-31(35(40)47-36-32)18-29-12-14-30(15-13-29)37(19-33(38)45-27(6)23-43-25(4)21-41-16-9-2)20-34(39)46-28(7)24-44-26(5)22-42-17-10-3/h12-15,18,25-28H,8-11,16-17,19-24H2,1-7H3/b31-18-. The minimum Gasteiger partial charge on any atom is -0.459 e. The van der Waals surface area contributed by atoms with Crippen LogP contribution < -0.4 is 4.90 Å². The molecule has 264 valence electrons. The first kappa shape index (κ1) is 39.9. The summed E-state index contributed by atoms with van der Waals surface area (Å²) in [5.41, 5.74) is 2.35. The Bertz CT molecular complexity index is 1110. The molecule has 47 heavy (non-hydrogen) atoms.